The number of hydrogen-bond acceptors (Lipinski definition) is 3. The standard InChI is InChI=1S/C15H25NO2/c1-13(16-2)14-9-5-6-10-15(14)18-12-8-4-3-7-11-17/h5-6,9-10,13,16-17H,3-4,7-8,11-12H2,1-2H3. The van der Waals surface area contributed by atoms with Gasteiger partial charge in [-0.3, -0.25) is 0 Å². The lowest BCUT2D eigenvalue weighted by Gasteiger charge is -2.16. The summed E-state index contributed by atoms with van der Waals surface area (Å²) in [4.78, 5) is 0. The van der Waals surface area contributed by atoms with Crippen LogP contribution in [0, 0.1) is 0 Å². The normalized spacial score (nSPS) is 12.4. The Morgan fingerprint density at radius 2 is 1.89 bits per heavy atom. The van der Waals surface area contributed by atoms with Crippen molar-refractivity contribution < 1.29 is 9.84 Å². The largest absolute Gasteiger partial charge is 0.493 e. The van der Waals surface area contributed by atoms with Crippen LogP contribution < -0.4 is 10.1 Å². The highest BCUT2D eigenvalue weighted by molar-refractivity contribution is 5.35. The van der Waals surface area contributed by atoms with E-state index < -0.39 is 0 Å². The van der Waals surface area contributed by atoms with Crippen LogP contribution in [0.15, 0.2) is 24.3 Å². The zero-order chi connectivity index (χ0) is 13.2. The highest BCUT2D eigenvalue weighted by Crippen LogP contribution is 2.24. The molecule has 0 aromatic heterocycles. The lowest BCUT2D eigenvalue weighted by Crippen LogP contribution is -2.14. The predicted molar refractivity (Wildman–Crippen MR) is 75.0 cm³/mol. The molecule has 18 heavy (non-hydrogen) atoms. The fourth-order valence-corrected chi connectivity index (χ4v) is 1.87. The Morgan fingerprint density at radius 1 is 1.17 bits per heavy atom. The molecule has 1 rings (SSSR count). The van der Waals surface area contributed by atoms with Crippen LogP contribution in [-0.2, 0) is 0 Å². The van der Waals surface area contributed by atoms with Gasteiger partial charge < -0.3 is 15.2 Å². The monoisotopic (exact) mass is 251 g/mol. The van der Waals surface area contributed by atoms with Crippen molar-refractivity contribution in [2.75, 3.05) is 20.3 Å². The maximum absolute atomic E-state index is 8.69. The van der Waals surface area contributed by atoms with Gasteiger partial charge >= 0.3 is 0 Å². The molecule has 0 aliphatic carbocycles. The van der Waals surface area contributed by atoms with E-state index in [1.54, 1.807) is 0 Å². The Labute approximate surface area is 110 Å². The molecule has 3 heteroatoms. The van der Waals surface area contributed by atoms with Gasteiger partial charge in [0, 0.05) is 18.2 Å². The molecule has 0 amide bonds. The van der Waals surface area contributed by atoms with Crippen LogP contribution in [-0.4, -0.2) is 25.4 Å². The van der Waals surface area contributed by atoms with Gasteiger partial charge in [-0.25, -0.2) is 0 Å². The van der Waals surface area contributed by atoms with Crippen molar-refractivity contribution in [1.82, 2.24) is 5.32 Å². The van der Waals surface area contributed by atoms with Crippen molar-refractivity contribution in [1.29, 1.82) is 0 Å². The van der Waals surface area contributed by atoms with Gasteiger partial charge in [-0.1, -0.05) is 24.6 Å². The van der Waals surface area contributed by atoms with E-state index in [9.17, 15) is 0 Å². The molecule has 0 saturated heterocycles. The molecule has 1 unspecified atom stereocenters. The van der Waals surface area contributed by atoms with Crippen LogP contribution in [0.1, 0.15) is 44.2 Å². The lowest BCUT2D eigenvalue weighted by molar-refractivity contribution is 0.272. The van der Waals surface area contributed by atoms with Crippen molar-refractivity contribution in [2.24, 2.45) is 0 Å². The molecule has 0 fully saturated rings. The molecule has 0 saturated carbocycles. The summed E-state index contributed by atoms with van der Waals surface area (Å²) in [6.07, 6.45) is 4.13. The zero-order valence-corrected chi connectivity index (χ0v) is 11.5. The van der Waals surface area contributed by atoms with E-state index in [2.05, 4.69) is 18.3 Å². The van der Waals surface area contributed by atoms with Gasteiger partial charge in [0.15, 0.2) is 0 Å². The minimum absolute atomic E-state index is 0.295. The Kier molecular flexibility index (Phi) is 7.46. The van der Waals surface area contributed by atoms with E-state index >= 15 is 0 Å². The first kappa shape index (κ1) is 15.0. The summed E-state index contributed by atoms with van der Waals surface area (Å²) in [5, 5.41) is 11.9. The fourth-order valence-electron chi connectivity index (χ4n) is 1.87. The van der Waals surface area contributed by atoms with Crippen molar-refractivity contribution in [3.8, 4) is 5.75 Å². The van der Waals surface area contributed by atoms with E-state index in [0.29, 0.717) is 12.6 Å². The number of rotatable bonds is 9. The molecule has 0 aliphatic heterocycles. The Balaban J connectivity index is 2.37. The molecule has 0 aliphatic rings. The highest BCUT2D eigenvalue weighted by Gasteiger charge is 2.08. The number of aliphatic hydroxyl groups excluding tert-OH is 1. The number of nitrogens with one attached hydrogen (secondary N) is 1. The molecule has 0 spiro atoms. The van der Waals surface area contributed by atoms with Crippen LogP contribution >= 0.6 is 0 Å². The molecule has 3 nitrogen and oxygen atoms in total. The summed E-state index contributed by atoms with van der Waals surface area (Å²) in [5.41, 5.74) is 1.20. The van der Waals surface area contributed by atoms with Crippen molar-refractivity contribution in [3.63, 3.8) is 0 Å². The Hall–Kier alpha value is -1.06. The molecule has 102 valence electrons. The lowest BCUT2D eigenvalue weighted by atomic mass is 10.1. The van der Waals surface area contributed by atoms with Gasteiger partial charge in [-0.2, -0.15) is 0 Å². The van der Waals surface area contributed by atoms with Crippen LogP contribution in [0.4, 0.5) is 0 Å². The topological polar surface area (TPSA) is 41.5 Å². The first-order valence-electron chi connectivity index (χ1n) is 6.79. The van der Waals surface area contributed by atoms with Gasteiger partial charge in [0.2, 0.25) is 0 Å². The van der Waals surface area contributed by atoms with E-state index in [1.807, 2.05) is 25.2 Å². The van der Waals surface area contributed by atoms with Gasteiger partial charge in [-0.15, -0.1) is 0 Å². The van der Waals surface area contributed by atoms with Crippen LogP contribution in [0.25, 0.3) is 0 Å². The van der Waals surface area contributed by atoms with Crippen LogP contribution in [0.3, 0.4) is 0 Å². The summed E-state index contributed by atoms with van der Waals surface area (Å²) >= 11 is 0. The average Bonchev–Trinajstić information content (AvgIpc) is 2.42. The maximum Gasteiger partial charge on any atom is 0.124 e. The molecule has 0 bridgehead atoms. The number of hydrogen-bond donors (Lipinski definition) is 2. The molecule has 0 radical (unpaired) electrons. The summed E-state index contributed by atoms with van der Waals surface area (Å²) in [6, 6.07) is 8.47. The minimum atomic E-state index is 0.295. The molecule has 0 heterocycles. The summed E-state index contributed by atoms with van der Waals surface area (Å²) < 4.78 is 5.84. The van der Waals surface area contributed by atoms with Crippen molar-refractivity contribution in [2.45, 2.75) is 38.6 Å². The number of benzene rings is 1. The van der Waals surface area contributed by atoms with E-state index in [-0.39, 0.29) is 0 Å². The van der Waals surface area contributed by atoms with Crippen molar-refractivity contribution >= 4 is 0 Å². The molecular formula is C15H25NO2. The maximum atomic E-state index is 8.69. The van der Waals surface area contributed by atoms with Crippen LogP contribution in [0.5, 0.6) is 5.75 Å². The van der Waals surface area contributed by atoms with Gasteiger partial charge in [0.25, 0.3) is 0 Å². The number of unbranched alkanes of at least 4 members (excludes halogenated alkanes) is 3. The molecule has 1 atom stereocenters. The van der Waals surface area contributed by atoms with E-state index in [0.717, 1.165) is 38.0 Å². The fraction of sp³-hybridized carbons (Fsp3) is 0.600. The first-order valence-corrected chi connectivity index (χ1v) is 6.79. The van der Waals surface area contributed by atoms with Gasteiger partial charge in [0.1, 0.15) is 5.75 Å². The zero-order valence-electron chi connectivity index (χ0n) is 11.5. The van der Waals surface area contributed by atoms with Crippen LogP contribution in [0.2, 0.25) is 0 Å². The quantitative estimate of drug-likeness (QED) is 0.663. The summed E-state index contributed by atoms with van der Waals surface area (Å²) in [5.74, 6) is 0.974. The Bertz CT molecular complexity index is 328. The van der Waals surface area contributed by atoms with E-state index in [4.69, 9.17) is 9.84 Å². The van der Waals surface area contributed by atoms with Crippen molar-refractivity contribution in [3.05, 3.63) is 29.8 Å². The first-order chi connectivity index (χ1) is 8.79. The third kappa shape index (κ3) is 5.07. The van der Waals surface area contributed by atoms with E-state index in [1.165, 1.54) is 5.56 Å². The highest BCUT2D eigenvalue weighted by atomic mass is 16.5. The smallest absolute Gasteiger partial charge is 0.124 e. The number of ether oxygens (including phenoxy) is 1. The summed E-state index contributed by atoms with van der Waals surface area (Å²) in [7, 11) is 1.95. The second-order valence-corrected chi connectivity index (χ2v) is 4.53. The third-order valence-corrected chi connectivity index (χ3v) is 3.13. The summed E-state index contributed by atoms with van der Waals surface area (Å²) in [6.45, 7) is 3.17. The second kappa shape index (κ2) is 8.95. The third-order valence-electron chi connectivity index (χ3n) is 3.13. The van der Waals surface area contributed by atoms with Gasteiger partial charge in [0.05, 0.1) is 6.61 Å². The average molecular weight is 251 g/mol. The molecular weight excluding hydrogens is 226 g/mol. The molecule has 2 N–H and O–H groups in total. The minimum Gasteiger partial charge on any atom is -0.493 e. The SMILES string of the molecule is CNC(C)c1ccccc1OCCCCCCO. The molecule has 1 aromatic carbocycles. The van der Waals surface area contributed by atoms with Gasteiger partial charge in [-0.05, 0) is 39.3 Å². The predicted octanol–water partition coefficient (Wildman–Crippen LogP) is 2.90. The molecule has 1 aromatic rings. The number of aliphatic hydroxyl groups is 1. The number of para-hydroxylation sites is 1. The second-order valence-electron chi connectivity index (χ2n) is 4.53. The Morgan fingerprint density at radius 3 is 2.61 bits per heavy atom.